The van der Waals surface area contributed by atoms with Crippen LogP contribution in [0.2, 0.25) is 0 Å². The van der Waals surface area contributed by atoms with E-state index in [4.69, 9.17) is 29.2 Å². The second kappa shape index (κ2) is 14.2. The van der Waals surface area contributed by atoms with Crippen molar-refractivity contribution in [1.29, 1.82) is 0 Å². The highest BCUT2D eigenvalue weighted by Gasteiger charge is 2.24. The van der Waals surface area contributed by atoms with Gasteiger partial charge in [0.05, 0.1) is 52.9 Å². The molecule has 0 aliphatic rings. The van der Waals surface area contributed by atoms with Crippen LogP contribution in [0.4, 0.5) is 0 Å². The summed E-state index contributed by atoms with van der Waals surface area (Å²) in [5.74, 6) is 0. The molecule has 0 unspecified atom stereocenters. The van der Waals surface area contributed by atoms with E-state index in [-0.39, 0.29) is 26.4 Å². The Morgan fingerprint density at radius 1 is 0.607 bits per heavy atom. The second-order valence-electron chi connectivity index (χ2n) is 6.27. The zero-order chi connectivity index (χ0) is 19.9. The predicted octanol–water partition coefficient (Wildman–Crippen LogP) is 2.18. The van der Waals surface area contributed by atoms with Gasteiger partial charge >= 0.3 is 0 Å². The molecule has 2 aromatic carbocycles. The van der Waals surface area contributed by atoms with Gasteiger partial charge in [0, 0.05) is 0 Å². The average Bonchev–Trinajstić information content (AvgIpc) is 2.75. The van der Waals surface area contributed by atoms with Crippen LogP contribution in [0, 0.1) is 0 Å². The summed E-state index contributed by atoms with van der Waals surface area (Å²) in [7, 11) is 0. The quantitative estimate of drug-likeness (QED) is 0.485. The molecule has 0 amide bonds. The molecule has 0 fully saturated rings. The summed E-state index contributed by atoms with van der Waals surface area (Å²) in [4.78, 5) is 0. The Bertz CT molecular complexity index is 551. The molecular weight excluding hydrogens is 360 g/mol. The van der Waals surface area contributed by atoms with Gasteiger partial charge in [0.15, 0.2) is 0 Å². The Labute approximate surface area is 166 Å². The van der Waals surface area contributed by atoms with Gasteiger partial charge in [0.2, 0.25) is 0 Å². The van der Waals surface area contributed by atoms with Crippen LogP contribution in [0.1, 0.15) is 11.1 Å². The van der Waals surface area contributed by atoms with Crippen LogP contribution in [-0.2, 0) is 32.2 Å². The fourth-order valence-electron chi connectivity index (χ4n) is 2.67. The van der Waals surface area contributed by atoms with Crippen LogP contribution in [0.15, 0.2) is 60.7 Å². The van der Waals surface area contributed by atoms with E-state index in [1.807, 2.05) is 60.7 Å². The Hall–Kier alpha value is -1.80. The molecule has 0 saturated carbocycles. The first kappa shape index (κ1) is 22.5. The fraction of sp³-hybridized carbons (Fsp3) is 0.455. The molecule has 2 aromatic rings. The van der Waals surface area contributed by atoms with E-state index in [0.717, 1.165) is 11.1 Å². The molecule has 0 aromatic heterocycles. The van der Waals surface area contributed by atoms with Gasteiger partial charge in [-0.25, -0.2) is 0 Å². The van der Waals surface area contributed by atoms with Gasteiger partial charge in [-0.05, 0) is 11.1 Å². The van der Waals surface area contributed by atoms with Crippen molar-refractivity contribution < 1.29 is 29.2 Å². The molecule has 2 rings (SSSR count). The monoisotopic (exact) mass is 390 g/mol. The highest BCUT2D eigenvalue weighted by Crippen LogP contribution is 2.11. The molecule has 6 heteroatoms. The lowest BCUT2D eigenvalue weighted by Gasteiger charge is -2.27. The van der Waals surface area contributed by atoms with Gasteiger partial charge in [-0.3, -0.25) is 0 Å². The molecule has 0 heterocycles. The molecule has 154 valence electrons. The topological polar surface area (TPSA) is 77.4 Å². The number of hydrogen-bond acceptors (Lipinski definition) is 6. The average molecular weight is 390 g/mol. The minimum atomic E-state index is -0.418. The zero-order valence-corrected chi connectivity index (χ0v) is 16.1. The molecule has 6 nitrogen and oxygen atoms in total. The predicted molar refractivity (Wildman–Crippen MR) is 106 cm³/mol. The molecule has 0 aliphatic heterocycles. The maximum atomic E-state index is 9.12. The maximum absolute atomic E-state index is 9.12. The Kier molecular flexibility index (Phi) is 11.4. The van der Waals surface area contributed by atoms with Crippen LogP contribution in [0.25, 0.3) is 0 Å². The third-order valence-electron chi connectivity index (χ3n) is 4.05. The van der Waals surface area contributed by atoms with Crippen LogP contribution < -0.4 is 0 Å². The van der Waals surface area contributed by atoms with Gasteiger partial charge in [-0.1, -0.05) is 60.7 Å². The maximum Gasteiger partial charge on any atom is 0.109 e. The minimum absolute atomic E-state index is 0.0905. The van der Waals surface area contributed by atoms with Crippen LogP contribution in [0.3, 0.4) is 0 Å². The molecule has 2 atom stereocenters. The first-order valence-corrected chi connectivity index (χ1v) is 9.51. The van der Waals surface area contributed by atoms with Gasteiger partial charge in [-0.15, -0.1) is 0 Å². The van der Waals surface area contributed by atoms with Crippen molar-refractivity contribution in [2.75, 3.05) is 39.6 Å². The number of ether oxygens (including phenoxy) is 4. The molecule has 28 heavy (non-hydrogen) atoms. The fourth-order valence-corrected chi connectivity index (χ4v) is 2.67. The SMILES string of the molecule is OCCO[C@@H](COCc1ccccc1)[C@H](COCc1ccccc1)OCCO. The van der Waals surface area contributed by atoms with E-state index in [1.165, 1.54) is 0 Å². The normalized spacial score (nSPS) is 13.4. The Morgan fingerprint density at radius 3 is 1.36 bits per heavy atom. The minimum Gasteiger partial charge on any atom is -0.394 e. The van der Waals surface area contributed by atoms with E-state index in [9.17, 15) is 0 Å². The summed E-state index contributed by atoms with van der Waals surface area (Å²) in [6, 6.07) is 19.7. The van der Waals surface area contributed by atoms with E-state index in [1.54, 1.807) is 0 Å². The summed E-state index contributed by atoms with van der Waals surface area (Å²) in [6.45, 7) is 1.67. The number of benzene rings is 2. The van der Waals surface area contributed by atoms with Crippen molar-refractivity contribution in [3.05, 3.63) is 71.8 Å². The summed E-state index contributed by atoms with van der Waals surface area (Å²) >= 11 is 0. The Balaban J connectivity index is 1.88. The van der Waals surface area contributed by atoms with Gasteiger partial charge in [0.1, 0.15) is 12.2 Å². The van der Waals surface area contributed by atoms with Gasteiger partial charge < -0.3 is 29.2 Å². The summed E-state index contributed by atoms with van der Waals surface area (Å²) in [5.41, 5.74) is 2.13. The lowest BCUT2D eigenvalue weighted by Crippen LogP contribution is -2.40. The van der Waals surface area contributed by atoms with Gasteiger partial charge in [-0.2, -0.15) is 0 Å². The van der Waals surface area contributed by atoms with Crippen LogP contribution in [0.5, 0.6) is 0 Å². The Morgan fingerprint density at radius 2 is 1.00 bits per heavy atom. The third kappa shape index (κ3) is 8.93. The zero-order valence-electron chi connectivity index (χ0n) is 16.1. The molecule has 0 radical (unpaired) electrons. The van der Waals surface area contributed by atoms with Crippen molar-refractivity contribution in [1.82, 2.24) is 0 Å². The summed E-state index contributed by atoms with van der Waals surface area (Å²) in [5, 5.41) is 18.2. The number of aliphatic hydroxyl groups excluding tert-OH is 2. The number of hydrogen-bond donors (Lipinski definition) is 2. The van der Waals surface area contributed by atoms with Crippen LogP contribution in [-0.4, -0.2) is 62.1 Å². The van der Waals surface area contributed by atoms with Crippen molar-refractivity contribution >= 4 is 0 Å². The summed E-state index contributed by atoms with van der Waals surface area (Å²) < 4.78 is 23.1. The first-order valence-electron chi connectivity index (χ1n) is 9.51. The molecular formula is C22H30O6. The van der Waals surface area contributed by atoms with Gasteiger partial charge in [0.25, 0.3) is 0 Å². The van der Waals surface area contributed by atoms with Crippen molar-refractivity contribution in [3.8, 4) is 0 Å². The molecule has 0 spiro atoms. The molecule has 0 bridgehead atoms. The van der Waals surface area contributed by atoms with Crippen molar-refractivity contribution in [2.24, 2.45) is 0 Å². The largest absolute Gasteiger partial charge is 0.394 e. The smallest absolute Gasteiger partial charge is 0.109 e. The number of rotatable bonds is 15. The van der Waals surface area contributed by atoms with E-state index < -0.39 is 12.2 Å². The highest BCUT2D eigenvalue weighted by atomic mass is 16.6. The first-order chi connectivity index (χ1) is 13.8. The summed E-state index contributed by atoms with van der Waals surface area (Å²) in [6.07, 6.45) is -0.837. The molecule has 0 aliphatic carbocycles. The van der Waals surface area contributed by atoms with Crippen molar-refractivity contribution in [3.63, 3.8) is 0 Å². The highest BCUT2D eigenvalue weighted by molar-refractivity contribution is 5.14. The number of aliphatic hydroxyl groups is 2. The lowest BCUT2D eigenvalue weighted by molar-refractivity contribution is -0.137. The van der Waals surface area contributed by atoms with Crippen molar-refractivity contribution in [2.45, 2.75) is 25.4 Å². The third-order valence-corrected chi connectivity index (χ3v) is 4.05. The second-order valence-corrected chi connectivity index (χ2v) is 6.27. The standard InChI is InChI=1S/C22H30O6/c23-11-13-27-21(17-25-15-19-7-3-1-4-8-19)22(28-14-12-24)18-26-16-20-9-5-2-6-10-20/h1-10,21-24H,11-18H2/t21-,22-/m0/s1. The van der Waals surface area contributed by atoms with E-state index >= 15 is 0 Å². The van der Waals surface area contributed by atoms with E-state index in [0.29, 0.717) is 26.4 Å². The van der Waals surface area contributed by atoms with Crippen LogP contribution >= 0.6 is 0 Å². The molecule has 0 saturated heterocycles. The molecule has 2 N–H and O–H groups in total. The van der Waals surface area contributed by atoms with E-state index in [2.05, 4.69) is 0 Å². The lowest BCUT2D eigenvalue weighted by atomic mass is 10.2.